The monoisotopic (exact) mass is 371 g/mol. The summed E-state index contributed by atoms with van der Waals surface area (Å²) in [4.78, 5) is 18.6. The smallest absolute Gasteiger partial charge is 0.220 e. The molecule has 0 aliphatic carbocycles. The van der Waals surface area contributed by atoms with Gasteiger partial charge in [-0.15, -0.1) is 0 Å². The maximum atomic E-state index is 12.0. The van der Waals surface area contributed by atoms with Gasteiger partial charge in [-0.05, 0) is 11.5 Å². The van der Waals surface area contributed by atoms with Gasteiger partial charge in [0.15, 0.2) is 11.7 Å². The molecule has 146 valence electrons. The van der Waals surface area contributed by atoms with Crippen molar-refractivity contribution in [2.24, 2.45) is 0 Å². The standard InChI is InChI=1S/C21H29N3O3/c1-16(2)17-3-5-18(6-4-17)19-15-23-21(27-19)8-7-20(25)22-9-10-24-11-13-26-14-12-24/h3-6,15-16H,7-14H2,1-2H3,(H,22,25). The van der Waals surface area contributed by atoms with Gasteiger partial charge in [0.25, 0.3) is 0 Å². The molecule has 1 aliphatic rings. The number of ether oxygens (including phenoxy) is 1. The zero-order chi connectivity index (χ0) is 19.1. The third kappa shape index (κ3) is 5.91. The predicted octanol–water partition coefficient (Wildman–Crippen LogP) is 2.85. The number of hydrogen-bond acceptors (Lipinski definition) is 5. The van der Waals surface area contributed by atoms with Gasteiger partial charge in [-0.2, -0.15) is 0 Å². The third-order valence-corrected chi connectivity index (χ3v) is 4.84. The van der Waals surface area contributed by atoms with Crippen LogP contribution in [0, 0.1) is 0 Å². The van der Waals surface area contributed by atoms with Crippen molar-refractivity contribution >= 4 is 5.91 Å². The summed E-state index contributed by atoms with van der Waals surface area (Å²) >= 11 is 0. The summed E-state index contributed by atoms with van der Waals surface area (Å²) in [5.41, 5.74) is 2.31. The molecule has 1 saturated heterocycles. The van der Waals surface area contributed by atoms with E-state index in [0.717, 1.165) is 44.2 Å². The lowest BCUT2D eigenvalue weighted by atomic mass is 10.0. The number of nitrogens with zero attached hydrogens (tertiary/aromatic N) is 2. The molecule has 27 heavy (non-hydrogen) atoms. The van der Waals surface area contributed by atoms with E-state index in [1.807, 2.05) is 0 Å². The minimum Gasteiger partial charge on any atom is -0.441 e. The van der Waals surface area contributed by atoms with Crippen LogP contribution in [0.5, 0.6) is 0 Å². The zero-order valence-electron chi connectivity index (χ0n) is 16.2. The highest BCUT2D eigenvalue weighted by atomic mass is 16.5. The maximum Gasteiger partial charge on any atom is 0.220 e. The molecule has 1 fully saturated rings. The average Bonchev–Trinajstić information content (AvgIpc) is 3.16. The molecule has 1 aromatic heterocycles. The molecule has 1 N–H and O–H groups in total. The molecule has 0 radical (unpaired) electrons. The molecular weight excluding hydrogens is 342 g/mol. The topological polar surface area (TPSA) is 67.6 Å². The van der Waals surface area contributed by atoms with Crippen LogP contribution in [0.4, 0.5) is 0 Å². The number of morpholine rings is 1. The van der Waals surface area contributed by atoms with Crippen LogP contribution >= 0.6 is 0 Å². The highest BCUT2D eigenvalue weighted by Crippen LogP contribution is 2.23. The number of aryl methyl sites for hydroxylation is 1. The van der Waals surface area contributed by atoms with Gasteiger partial charge in [0, 0.05) is 44.6 Å². The number of oxazole rings is 1. The van der Waals surface area contributed by atoms with Crippen molar-refractivity contribution in [2.75, 3.05) is 39.4 Å². The normalized spacial score (nSPS) is 15.2. The Kier molecular flexibility index (Phi) is 7.01. The van der Waals surface area contributed by atoms with Crippen LogP contribution in [0.1, 0.15) is 37.6 Å². The Hall–Kier alpha value is -2.18. The molecule has 2 aromatic rings. The van der Waals surface area contributed by atoms with Crippen molar-refractivity contribution < 1.29 is 13.9 Å². The first-order valence-electron chi connectivity index (χ1n) is 9.73. The number of nitrogens with one attached hydrogen (secondary N) is 1. The first-order chi connectivity index (χ1) is 13.1. The Labute approximate surface area is 160 Å². The highest BCUT2D eigenvalue weighted by molar-refractivity contribution is 5.76. The van der Waals surface area contributed by atoms with Crippen molar-refractivity contribution in [3.05, 3.63) is 41.9 Å². The minimum absolute atomic E-state index is 0.0318. The highest BCUT2D eigenvalue weighted by Gasteiger charge is 2.12. The Morgan fingerprint density at radius 1 is 1.22 bits per heavy atom. The van der Waals surface area contributed by atoms with E-state index in [1.54, 1.807) is 6.20 Å². The van der Waals surface area contributed by atoms with Gasteiger partial charge in [0.2, 0.25) is 5.91 Å². The van der Waals surface area contributed by atoms with Crippen LogP contribution in [0.25, 0.3) is 11.3 Å². The quantitative estimate of drug-likeness (QED) is 0.773. The summed E-state index contributed by atoms with van der Waals surface area (Å²) in [5, 5.41) is 2.96. The molecule has 1 aromatic carbocycles. The van der Waals surface area contributed by atoms with Crippen LogP contribution in [0.15, 0.2) is 34.9 Å². The van der Waals surface area contributed by atoms with Crippen LogP contribution in [-0.2, 0) is 16.0 Å². The van der Waals surface area contributed by atoms with E-state index in [2.05, 4.69) is 53.3 Å². The summed E-state index contributed by atoms with van der Waals surface area (Å²) in [5.74, 6) is 1.88. The van der Waals surface area contributed by atoms with E-state index in [9.17, 15) is 4.79 Å². The molecule has 0 atom stereocenters. The lowest BCUT2D eigenvalue weighted by Gasteiger charge is -2.26. The van der Waals surface area contributed by atoms with Crippen molar-refractivity contribution in [3.8, 4) is 11.3 Å². The Balaban J connectivity index is 1.41. The molecule has 6 nitrogen and oxygen atoms in total. The Morgan fingerprint density at radius 2 is 1.96 bits per heavy atom. The van der Waals surface area contributed by atoms with Crippen LogP contribution < -0.4 is 5.32 Å². The summed E-state index contributed by atoms with van der Waals surface area (Å²) in [7, 11) is 0. The Morgan fingerprint density at radius 3 is 2.67 bits per heavy atom. The first-order valence-corrected chi connectivity index (χ1v) is 9.73. The number of aromatic nitrogens is 1. The zero-order valence-corrected chi connectivity index (χ0v) is 16.2. The second kappa shape index (κ2) is 9.67. The average molecular weight is 371 g/mol. The third-order valence-electron chi connectivity index (χ3n) is 4.84. The van der Waals surface area contributed by atoms with E-state index in [1.165, 1.54) is 5.56 Å². The van der Waals surface area contributed by atoms with E-state index in [0.29, 0.717) is 31.2 Å². The van der Waals surface area contributed by atoms with Gasteiger partial charge >= 0.3 is 0 Å². The van der Waals surface area contributed by atoms with Crippen molar-refractivity contribution in [2.45, 2.75) is 32.6 Å². The number of amides is 1. The van der Waals surface area contributed by atoms with Gasteiger partial charge in [0.05, 0.1) is 19.4 Å². The van der Waals surface area contributed by atoms with Gasteiger partial charge in [-0.1, -0.05) is 38.1 Å². The van der Waals surface area contributed by atoms with Crippen molar-refractivity contribution in [1.29, 1.82) is 0 Å². The number of carbonyl (C=O) groups is 1. The summed E-state index contributed by atoms with van der Waals surface area (Å²) in [6.45, 7) is 9.31. The van der Waals surface area contributed by atoms with Crippen molar-refractivity contribution in [1.82, 2.24) is 15.2 Å². The molecule has 0 spiro atoms. The lowest BCUT2D eigenvalue weighted by molar-refractivity contribution is -0.121. The number of rotatable bonds is 8. The molecule has 0 bridgehead atoms. The summed E-state index contributed by atoms with van der Waals surface area (Å²) < 4.78 is 11.1. The van der Waals surface area contributed by atoms with Crippen molar-refractivity contribution in [3.63, 3.8) is 0 Å². The molecule has 1 amide bonds. The van der Waals surface area contributed by atoms with Crippen LogP contribution in [0.3, 0.4) is 0 Å². The first kappa shape index (κ1) is 19.6. The fourth-order valence-corrected chi connectivity index (χ4v) is 3.08. The van der Waals surface area contributed by atoms with Gasteiger partial charge in [-0.3, -0.25) is 9.69 Å². The SMILES string of the molecule is CC(C)c1ccc(-c2cnc(CCC(=O)NCCN3CCOCC3)o2)cc1. The maximum absolute atomic E-state index is 12.0. The summed E-state index contributed by atoms with van der Waals surface area (Å²) in [6.07, 6.45) is 2.62. The fourth-order valence-electron chi connectivity index (χ4n) is 3.08. The number of benzene rings is 1. The molecule has 1 aliphatic heterocycles. The minimum atomic E-state index is 0.0318. The second-order valence-corrected chi connectivity index (χ2v) is 7.20. The van der Waals surface area contributed by atoms with Gasteiger partial charge in [-0.25, -0.2) is 4.98 Å². The van der Waals surface area contributed by atoms with E-state index in [4.69, 9.17) is 9.15 Å². The molecule has 6 heteroatoms. The molecule has 3 rings (SSSR count). The molecule has 0 saturated carbocycles. The van der Waals surface area contributed by atoms with Crippen LogP contribution in [-0.4, -0.2) is 55.2 Å². The lowest BCUT2D eigenvalue weighted by Crippen LogP contribution is -2.41. The molecular formula is C21H29N3O3. The number of hydrogen-bond donors (Lipinski definition) is 1. The molecule has 0 unspecified atom stereocenters. The van der Waals surface area contributed by atoms with E-state index in [-0.39, 0.29) is 5.91 Å². The Bertz CT molecular complexity index is 719. The van der Waals surface area contributed by atoms with E-state index < -0.39 is 0 Å². The number of carbonyl (C=O) groups excluding carboxylic acids is 1. The van der Waals surface area contributed by atoms with E-state index >= 15 is 0 Å². The van der Waals surface area contributed by atoms with Gasteiger partial charge < -0.3 is 14.5 Å². The molecule has 2 heterocycles. The van der Waals surface area contributed by atoms with Crippen LogP contribution in [0.2, 0.25) is 0 Å². The largest absolute Gasteiger partial charge is 0.441 e. The second-order valence-electron chi connectivity index (χ2n) is 7.20. The summed E-state index contributed by atoms with van der Waals surface area (Å²) in [6, 6.07) is 8.34. The van der Waals surface area contributed by atoms with Gasteiger partial charge in [0.1, 0.15) is 0 Å². The fraction of sp³-hybridized carbons (Fsp3) is 0.524. The predicted molar refractivity (Wildman–Crippen MR) is 105 cm³/mol.